The Bertz CT molecular complexity index is 1040. The second-order valence-electron chi connectivity index (χ2n) is 7.67. The third kappa shape index (κ3) is 5.83. The monoisotopic (exact) mass is 472 g/mol. The number of benzene rings is 4. The smallest absolute Gasteiger partial charge is 0.126 e. The number of methoxy groups -OCH3 is 2. The van der Waals surface area contributed by atoms with E-state index in [4.69, 9.17) is 9.47 Å². The minimum Gasteiger partial charge on any atom is -0.496 e. The molecule has 0 saturated carbocycles. The molecule has 0 aliphatic carbocycles. The summed E-state index contributed by atoms with van der Waals surface area (Å²) in [6.45, 7) is 0. The maximum atomic E-state index is 5.75. The van der Waals surface area contributed by atoms with Gasteiger partial charge in [-0.1, -0.05) is 97.1 Å². The Morgan fingerprint density at radius 1 is 0.485 bits per heavy atom. The Labute approximate surface area is 200 Å². The molecular formula is C29H30O2P2. The van der Waals surface area contributed by atoms with Gasteiger partial charge in [0.05, 0.1) is 14.2 Å². The summed E-state index contributed by atoms with van der Waals surface area (Å²) in [5.41, 5.74) is 0. The van der Waals surface area contributed by atoms with Crippen molar-refractivity contribution < 1.29 is 9.47 Å². The molecular weight excluding hydrogens is 442 g/mol. The summed E-state index contributed by atoms with van der Waals surface area (Å²) < 4.78 is 11.5. The molecule has 0 saturated heterocycles. The van der Waals surface area contributed by atoms with E-state index < -0.39 is 15.8 Å². The van der Waals surface area contributed by atoms with Crippen molar-refractivity contribution in [2.45, 2.75) is 6.42 Å². The molecule has 0 radical (unpaired) electrons. The zero-order valence-electron chi connectivity index (χ0n) is 19.2. The molecule has 4 aromatic rings. The van der Waals surface area contributed by atoms with E-state index >= 15 is 0 Å². The van der Waals surface area contributed by atoms with E-state index in [0.717, 1.165) is 30.2 Å². The van der Waals surface area contributed by atoms with E-state index in [1.165, 1.54) is 21.2 Å². The van der Waals surface area contributed by atoms with E-state index in [2.05, 4.69) is 109 Å². The van der Waals surface area contributed by atoms with Crippen LogP contribution in [0, 0.1) is 0 Å². The third-order valence-electron chi connectivity index (χ3n) is 5.65. The molecule has 0 amide bonds. The Balaban J connectivity index is 1.61. The fourth-order valence-corrected chi connectivity index (χ4v) is 9.30. The molecule has 4 heteroatoms. The fourth-order valence-electron chi connectivity index (χ4n) is 4.09. The molecule has 33 heavy (non-hydrogen) atoms. The predicted octanol–water partition coefficient (Wildman–Crippen LogP) is 5.66. The average Bonchev–Trinajstić information content (AvgIpc) is 2.90. The van der Waals surface area contributed by atoms with Crippen LogP contribution in [-0.4, -0.2) is 26.5 Å². The third-order valence-corrected chi connectivity index (χ3v) is 10.9. The fraction of sp³-hybridized carbons (Fsp3) is 0.172. The van der Waals surface area contributed by atoms with E-state index in [1.807, 2.05) is 0 Å². The van der Waals surface area contributed by atoms with Gasteiger partial charge in [0, 0.05) is 10.6 Å². The van der Waals surface area contributed by atoms with Crippen LogP contribution in [0.5, 0.6) is 11.5 Å². The Kier molecular flexibility index (Phi) is 8.53. The highest BCUT2D eigenvalue weighted by Gasteiger charge is 2.21. The van der Waals surface area contributed by atoms with Gasteiger partial charge in [-0.25, -0.2) is 0 Å². The van der Waals surface area contributed by atoms with Crippen LogP contribution in [-0.2, 0) is 0 Å². The molecule has 168 valence electrons. The van der Waals surface area contributed by atoms with Crippen LogP contribution in [0.1, 0.15) is 6.42 Å². The van der Waals surface area contributed by atoms with Crippen LogP contribution in [0.25, 0.3) is 0 Å². The highest BCUT2D eigenvalue weighted by molar-refractivity contribution is 7.74. The van der Waals surface area contributed by atoms with Crippen molar-refractivity contribution >= 4 is 37.1 Å². The normalized spacial score (nSPS) is 12.7. The Hall–Kier alpha value is -2.66. The predicted molar refractivity (Wildman–Crippen MR) is 146 cm³/mol. The van der Waals surface area contributed by atoms with Crippen LogP contribution >= 0.6 is 15.8 Å². The molecule has 2 atom stereocenters. The molecule has 0 aromatic heterocycles. The molecule has 0 spiro atoms. The Morgan fingerprint density at radius 3 is 1.24 bits per heavy atom. The number of para-hydroxylation sites is 2. The van der Waals surface area contributed by atoms with Crippen molar-refractivity contribution in [1.29, 1.82) is 0 Å². The van der Waals surface area contributed by atoms with Gasteiger partial charge < -0.3 is 9.47 Å². The minimum atomic E-state index is -0.503. The van der Waals surface area contributed by atoms with E-state index in [1.54, 1.807) is 14.2 Å². The van der Waals surface area contributed by atoms with Crippen LogP contribution in [0.2, 0.25) is 0 Å². The summed E-state index contributed by atoms with van der Waals surface area (Å²) in [4.78, 5) is 0. The van der Waals surface area contributed by atoms with Gasteiger partial charge in [0.2, 0.25) is 0 Å². The molecule has 0 aliphatic rings. The second-order valence-corrected chi connectivity index (χ2v) is 12.3. The van der Waals surface area contributed by atoms with Gasteiger partial charge in [0.15, 0.2) is 0 Å². The summed E-state index contributed by atoms with van der Waals surface area (Å²) in [5.74, 6) is 1.98. The van der Waals surface area contributed by atoms with Gasteiger partial charge in [-0.3, -0.25) is 0 Å². The second kappa shape index (κ2) is 12.0. The van der Waals surface area contributed by atoms with Crippen LogP contribution in [0.15, 0.2) is 109 Å². The lowest BCUT2D eigenvalue weighted by Crippen LogP contribution is -2.19. The number of rotatable bonds is 10. The van der Waals surface area contributed by atoms with Gasteiger partial charge in [-0.2, -0.15) is 0 Å². The maximum absolute atomic E-state index is 5.75. The molecule has 4 aromatic carbocycles. The van der Waals surface area contributed by atoms with E-state index in [9.17, 15) is 0 Å². The lowest BCUT2D eigenvalue weighted by molar-refractivity contribution is 0.418. The van der Waals surface area contributed by atoms with Crippen molar-refractivity contribution in [3.05, 3.63) is 109 Å². The van der Waals surface area contributed by atoms with Crippen molar-refractivity contribution in [2.75, 3.05) is 26.5 Å². The first-order valence-corrected chi connectivity index (χ1v) is 14.3. The summed E-state index contributed by atoms with van der Waals surface area (Å²) in [5, 5.41) is 5.45. The molecule has 0 fully saturated rings. The van der Waals surface area contributed by atoms with E-state index in [0.29, 0.717) is 0 Å². The van der Waals surface area contributed by atoms with Crippen molar-refractivity contribution in [3.8, 4) is 11.5 Å². The molecule has 0 heterocycles. The molecule has 0 aliphatic heterocycles. The summed E-state index contributed by atoms with van der Waals surface area (Å²) >= 11 is 0. The van der Waals surface area contributed by atoms with Crippen LogP contribution < -0.4 is 30.7 Å². The summed E-state index contributed by atoms with van der Waals surface area (Å²) in [6.07, 6.45) is 3.39. The number of hydrogen-bond acceptors (Lipinski definition) is 2. The van der Waals surface area contributed by atoms with Crippen LogP contribution in [0.3, 0.4) is 0 Å². The summed E-state index contributed by atoms with van der Waals surface area (Å²) in [6, 6.07) is 38.8. The first-order chi connectivity index (χ1) is 16.3. The maximum Gasteiger partial charge on any atom is 0.126 e. The topological polar surface area (TPSA) is 18.5 Å². The highest BCUT2D eigenvalue weighted by atomic mass is 31.1. The molecule has 0 bridgehead atoms. The quantitative estimate of drug-likeness (QED) is 0.277. The first kappa shape index (κ1) is 23.5. The van der Waals surface area contributed by atoms with Gasteiger partial charge in [0.1, 0.15) is 11.5 Å². The molecule has 4 rings (SSSR count). The average molecular weight is 473 g/mol. The largest absolute Gasteiger partial charge is 0.496 e. The van der Waals surface area contributed by atoms with E-state index in [-0.39, 0.29) is 0 Å². The zero-order chi connectivity index (χ0) is 22.9. The van der Waals surface area contributed by atoms with Gasteiger partial charge in [-0.15, -0.1) is 0 Å². The van der Waals surface area contributed by atoms with Crippen molar-refractivity contribution in [2.24, 2.45) is 0 Å². The molecule has 2 unspecified atom stereocenters. The lowest BCUT2D eigenvalue weighted by Gasteiger charge is -2.24. The lowest BCUT2D eigenvalue weighted by atomic mass is 10.3. The molecule has 2 nitrogen and oxygen atoms in total. The standard InChI is InChI=1S/C29H30O2P2/c1-30-26-18-9-11-20-28(26)32(24-14-5-3-6-15-24)22-13-23-33(25-16-7-4-8-17-25)29-21-12-10-19-27(29)31-2/h3-12,14-21H,13,22-23H2,1-2H3. The van der Waals surface area contributed by atoms with Crippen molar-refractivity contribution in [3.63, 3.8) is 0 Å². The van der Waals surface area contributed by atoms with Crippen LogP contribution in [0.4, 0.5) is 0 Å². The minimum absolute atomic E-state index is 0.503. The van der Waals surface area contributed by atoms with Gasteiger partial charge in [-0.05, 0) is 57.3 Å². The number of ether oxygens (including phenoxy) is 2. The zero-order valence-corrected chi connectivity index (χ0v) is 21.0. The molecule has 0 N–H and O–H groups in total. The van der Waals surface area contributed by atoms with Crippen molar-refractivity contribution in [1.82, 2.24) is 0 Å². The van der Waals surface area contributed by atoms with Gasteiger partial charge in [0.25, 0.3) is 0 Å². The SMILES string of the molecule is COc1ccccc1P(CCCP(c1ccccc1)c1ccccc1OC)c1ccccc1. The number of hydrogen-bond donors (Lipinski definition) is 0. The Morgan fingerprint density at radius 2 is 0.848 bits per heavy atom. The summed E-state index contributed by atoms with van der Waals surface area (Å²) in [7, 11) is 2.54. The van der Waals surface area contributed by atoms with Gasteiger partial charge >= 0.3 is 0 Å². The first-order valence-electron chi connectivity index (χ1n) is 11.2. The highest BCUT2D eigenvalue weighted by Crippen LogP contribution is 2.42.